The largest absolute Gasteiger partial charge is 0.462 e. The van der Waals surface area contributed by atoms with Gasteiger partial charge in [0.05, 0.1) is 6.61 Å². The van der Waals surface area contributed by atoms with E-state index in [9.17, 15) is 9.59 Å². The van der Waals surface area contributed by atoms with Crippen LogP contribution in [0, 0.1) is 0 Å². The Bertz CT molecular complexity index is 1220. The highest BCUT2D eigenvalue weighted by Crippen LogP contribution is 2.15. The third kappa shape index (κ3) is 53.7. The Hall–Kier alpha value is -2.92. The highest BCUT2D eigenvalue weighted by Gasteiger charge is 2.17. The Morgan fingerprint density at radius 2 is 0.682 bits per heavy atom. The van der Waals surface area contributed by atoms with E-state index in [1.54, 1.807) is 0 Å². The van der Waals surface area contributed by atoms with Crippen molar-refractivity contribution in [2.75, 3.05) is 19.8 Å². The number of rotatable bonds is 51. The van der Waals surface area contributed by atoms with Crippen molar-refractivity contribution < 1.29 is 23.8 Å². The molecule has 0 spiro atoms. The Labute approximate surface area is 409 Å². The van der Waals surface area contributed by atoms with E-state index in [1.807, 2.05) is 0 Å². The van der Waals surface area contributed by atoms with E-state index in [-0.39, 0.29) is 25.2 Å². The van der Waals surface area contributed by atoms with Crippen molar-refractivity contribution in [3.05, 3.63) is 85.1 Å². The molecule has 0 saturated heterocycles. The summed E-state index contributed by atoms with van der Waals surface area (Å²) in [5.74, 6) is -0.414. The number of hydrogen-bond acceptors (Lipinski definition) is 5. The predicted octanol–water partition coefficient (Wildman–Crippen LogP) is 19.2. The van der Waals surface area contributed by atoms with Gasteiger partial charge >= 0.3 is 11.9 Å². The van der Waals surface area contributed by atoms with Gasteiger partial charge in [-0.3, -0.25) is 9.59 Å². The molecule has 0 heterocycles. The second kappa shape index (κ2) is 56.4. The van der Waals surface area contributed by atoms with Gasteiger partial charge in [-0.15, -0.1) is 0 Å². The maximum absolute atomic E-state index is 12.8. The van der Waals surface area contributed by atoms with Crippen LogP contribution in [0.1, 0.15) is 265 Å². The van der Waals surface area contributed by atoms with Gasteiger partial charge in [0, 0.05) is 19.4 Å². The fourth-order valence-electron chi connectivity index (χ4n) is 7.81. The Morgan fingerprint density at radius 3 is 1.09 bits per heavy atom. The number of unbranched alkanes of at least 4 members (excludes halogenated alkanes) is 26. The molecule has 0 fully saturated rings. The number of carbonyl (C=O) groups is 2. The van der Waals surface area contributed by atoms with E-state index >= 15 is 0 Å². The summed E-state index contributed by atoms with van der Waals surface area (Å²) < 4.78 is 17.5. The number of allylic oxidation sites excluding steroid dienone is 14. The molecule has 5 heteroatoms. The van der Waals surface area contributed by atoms with Crippen LogP contribution in [0.15, 0.2) is 85.1 Å². The quantitative estimate of drug-likeness (QED) is 0.0346. The molecule has 0 aromatic heterocycles. The van der Waals surface area contributed by atoms with Gasteiger partial charge in [-0.2, -0.15) is 0 Å². The van der Waals surface area contributed by atoms with Crippen molar-refractivity contribution in [1.82, 2.24) is 0 Å². The van der Waals surface area contributed by atoms with Crippen molar-refractivity contribution in [2.45, 2.75) is 271 Å². The van der Waals surface area contributed by atoms with Gasteiger partial charge in [-0.1, -0.05) is 247 Å². The Morgan fingerprint density at radius 1 is 0.348 bits per heavy atom. The van der Waals surface area contributed by atoms with Gasteiger partial charge in [0.1, 0.15) is 6.61 Å². The lowest BCUT2D eigenvalue weighted by Crippen LogP contribution is -2.30. The molecule has 0 bridgehead atoms. The van der Waals surface area contributed by atoms with Crippen LogP contribution >= 0.6 is 0 Å². The van der Waals surface area contributed by atoms with E-state index in [2.05, 4.69) is 106 Å². The average molecular weight is 920 g/mol. The average Bonchev–Trinajstić information content (AvgIpc) is 3.32. The van der Waals surface area contributed by atoms with Crippen molar-refractivity contribution >= 4 is 11.9 Å². The lowest BCUT2D eigenvalue weighted by atomic mass is 10.0. The number of carbonyl (C=O) groups excluding carboxylic acids is 2. The molecular formula is C61H106O5. The van der Waals surface area contributed by atoms with E-state index < -0.39 is 6.10 Å². The summed E-state index contributed by atoms with van der Waals surface area (Å²) in [5.41, 5.74) is 0. The summed E-state index contributed by atoms with van der Waals surface area (Å²) in [7, 11) is 0. The normalized spacial score (nSPS) is 12.8. The van der Waals surface area contributed by atoms with Crippen LogP contribution < -0.4 is 0 Å². The maximum atomic E-state index is 12.8. The van der Waals surface area contributed by atoms with Crippen molar-refractivity contribution in [2.24, 2.45) is 0 Å². The first-order valence-electron chi connectivity index (χ1n) is 28.1. The Kier molecular flexibility index (Phi) is 53.9. The van der Waals surface area contributed by atoms with Crippen molar-refractivity contribution in [3.63, 3.8) is 0 Å². The lowest BCUT2D eigenvalue weighted by molar-refractivity contribution is -0.163. The molecule has 0 aliphatic heterocycles. The highest BCUT2D eigenvalue weighted by atomic mass is 16.6. The van der Waals surface area contributed by atoms with Gasteiger partial charge in [0.15, 0.2) is 6.10 Å². The molecule has 66 heavy (non-hydrogen) atoms. The lowest BCUT2D eigenvalue weighted by Gasteiger charge is -2.18. The first-order valence-corrected chi connectivity index (χ1v) is 28.1. The minimum Gasteiger partial charge on any atom is -0.462 e. The summed E-state index contributed by atoms with van der Waals surface area (Å²) in [5, 5.41) is 0. The third-order valence-corrected chi connectivity index (χ3v) is 11.9. The number of ether oxygens (including phenoxy) is 3. The van der Waals surface area contributed by atoms with Gasteiger partial charge in [0.2, 0.25) is 0 Å². The molecule has 0 radical (unpaired) electrons. The third-order valence-electron chi connectivity index (χ3n) is 11.9. The molecule has 0 N–H and O–H groups in total. The molecular weight excluding hydrogens is 813 g/mol. The van der Waals surface area contributed by atoms with Gasteiger partial charge in [-0.05, 0) is 89.9 Å². The van der Waals surface area contributed by atoms with Gasteiger partial charge in [0.25, 0.3) is 0 Å². The molecule has 0 aliphatic carbocycles. The summed E-state index contributed by atoms with van der Waals surface area (Å²) in [4.78, 5) is 25.5. The molecule has 1 unspecified atom stereocenters. The summed E-state index contributed by atoms with van der Waals surface area (Å²) in [6.45, 7) is 7.59. The smallest absolute Gasteiger partial charge is 0.306 e. The van der Waals surface area contributed by atoms with Crippen LogP contribution in [0.25, 0.3) is 0 Å². The zero-order chi connectivity index (χ0) is 47.7. The van der Waals surface area contributed by atoms with Gasteiger partial charge < -0.3 is 14.2 Å². The van der Waals surface area contributed by atoms with Crippen LogP contribution in [0.5, 0.6) is 0 Å². The predicted molar refractivity (Wildman–Crippen MR) is 288 cm³/mol. The number of esters is 2. The van der Waals surface area contributed by atoms with Crippen molar-refractivity contribution in [1.29, 1.82) is 0 Å². The van der Waals surface area contributed by atoms with E-state index in [0.717, 1.165) is 103 Å². The van der Waals surface area contributed by atoms with Crippen LogP contribution in [0.3, 0.4) is 0 Å². The summed E-state index contributed by atoms with van der Waals surface area (Å²) >= 11 is 0. The van der Waals surface area contributed by atoms with Crippen LogP contribution in [0.4, 0.5) is 0 Å². The molecule has 0 aromatic rings. The minimum atomic E-state index is -0.551. The first-order chi connectivity index (χ1) is 32.6. The molecule has 5 nitrogen and oxygen atoms in total. The maximum Gasteiger partial charge on any atom is 0.306 e. The molecule has 380 valence electrons. The van der Waals surface area contributed by atoms with Crippen LogP contribution in [-0.2, 0) is 23.8 Å². The van der Waals surface area contributed by atoms with Crippen LogP contribution in [-0.4, -0.2) is 37.9 Å². The van der Waals surface area contributed by atoms with E-state index in [1.165, 1.54) is 128 Å². The molecule has 0 rings (SSSR count). The van der Waals surface area contributed by atoms with Gasteiger partial charge in [-0.25, -0.2) is 0 Å². The molecule has 1 atom stereocenters. The molecule has 0 aromatic carbocycles. The van der Waals surface area contributed by atoms with Crippen molar-refractivity contribution in [3.8, 4) is 0 Å². The molecule has 0 saturated carbocycles. The minimum absolute atomic E-state index is 0.0712. The second-order valence-electron chi connectivity index (χ2n) is 18.4. The SMILES string of the molecule is CC/C=C\C/C=C\C/C=C\C/C=C\CCCCCCCCC(=O)OCC(COCCCCCCCC/C=C\C/C=C\C/C=C\CC)OC(=O)CCCCCCCCCCCCCCCCC. The monoisotopic (exact) mass is 919 g/mol. The molecule has 0 amide bonds. The number of hydrogen-bond donors (Lipinski definition) is 0. The van der Waals surface area contributed by atoms with Crippen LogP contribution in [0.2, 0.25) is 0 Å². The topological polar surface area (TPSA) is 61.8 Å². The zero-order valence-corrected chi connectivity index (χ0v) is 43.7. The summed E-state index contributed by atoms with van der Waals surface area (Å²) in [6, 6.07) is 0. The van der Waals surface area contributed by atoms with E-state index in [4.69, 9.17) is 14.2 Å². The van der Waals surface area contributed by atoms with E-state index in [0.29, 0.717) is 19.4 Å². The summed E-state index contributed by atoms with van der Waals surface area (Å²) in [6.07, 6.45) is 74.5. The fraction of sp³-hybridized carbons (Fsp3) is 0.738. The zero-order valence-electron chi connectivity index (χ0n) is 43.7. The second-order valence-corrected chi connectivity index (χ2v) is 18.4. The standard InChI is InChI=1S/C61H106O5/c1-4-7-10-13-16-19-22-25-28-30-31-32-34-36-39-42-45-48-51-54-60(62)65-58-59(57-64-56-53-50-47-44-41-38-35-29-26-23-20-17-14-11-8-5-2)66-61(63)55-52-49-46-43-40-37-33-27-24-21-18-15-12-9-6-3/h7-8,10-11,16-17,19-20,25-26,28-29,31-32,59H,4-6,9,12-15,18,21-24,27,30,33-58H2,1-3H3/b10-7-,11-8-,19-16-,20-17-,28-25-,29-26-,32-31-. The first kappa shape index (κ1) is 63.1. The Balaban J connectivity index is 4.31. The highest BCUT2D eigenvalue weighted by molar-refractivity contribution is 5.70. The molecule has 0 aliphatic rings. The fourth-order valence-corrected chi connectivity index (χ4v) is 7.81.